The fourth-order valence-corrected chi connectivity index (χ4v) is 3.21. The van der Waals surface area contributed by atoms with Crippen molar-refractivity contribution in [1.29, 1.82) is 0 Å². The molecule has 0 fully saturated rings. The largest absolute Gasteiger partial charge is 0.478 e. The summed E-state index contributed by atoms with van der Waals surface area (Å²) in [7, 11) is -3.67. The fraction of sp³-hybridized carbons (Fsp3) is 0.500. The molecule has 0 aromatic heterocycles. The van der Waals surface area contributed by atoms with Gasteiger partial charge in [0.05, 0.1) is 10.5 Å². The van der Waals surface area contributed by atoms with E-state index in [1.807, 2.05) is 6.92 Å². The van der Waals surface area contributed by atoms with Crippen molar-refractivity contribution in [3.8, 4) is 0 Å². The molecule has 1 aromatic carbocycles. The molecule has 0 aliphatic carbocycles. The smallest absolute Gasteiger partial charge is 0.335 e. The lowest BCUT2D eigenvalue weighted by Gasteiger charge is -2.14. The van der Waals surface area contributed by atoms with Crippen molar-refractivity contribution in [3.63, 3.8) is 0 Å². The average Bonchev–Trinajstić information content (AvgIpc) is 2.38. The van der Waals surface area contributed by atoms with Gasteiger partial charge < -0.3 is 5.11 Å². The Morgan fingerprint density at radius 1 is 1.35 bits per heavy atom. The fourth-order valence-electron chi connectivity index (χ4n) is 1.89. The summed E-state index contributed by atoms with van der Waals surface area (Å²) in [6.07, 6.45) is 3.89. The molecule has 112 valence electrons. The number of hydrogen-bond acceptors (Lipinski definition) is 3. The van der Waals surface area contributed by atoms with Crippen molar-refractivity contribution in [3.05, 3.63) is 29.8 Å². The molecule has 5 nitrogen and oxygen atoms in total. The summed E-state index contributed by atoms with van der Waals surface area (Å²) >= 11 is 0. The summed E-state index contributed by atoms with van der Waals surface area (Å²) in [4.78, 5) is 10.8. The van der Waals surface area contributed by atoms with Gasteiger partial charge in [-0.3, -0.25) is 0 Å². The molecular formula is C14H21NO4S. The number of unbranched alkanes of at least 4 members (excludes halogenated alkanes) is 2. The first kappa shape index (κ1) is 16.7. The topological polar surface area (TPSA) is 83.5 Å². The van der Waals surface area contributed by atoms with Gasteiger partial charge in [0, 0.05) is 6.04 Å². The van der Waals surface area contributed by atoms with Gasteiger partial charge in [0.25, 0.3) is 0 Å². The third-order valence-corrected chi connectivity index (χ3v) is 4.58. The molecular weight excluding hydrogens is 278 g/mol. The molecule has 0 aliphatic rings. The maximum absolute atomic E-state index is 12.1. The standard InChI is InChI=1S/C14H21NO4S/c1-3-4-5-7-11(2)15-20(18,19)13-9-6-8-12(10-13)14(16)17/h6,8-11,15H,3-5,7H2,1-2H3,(H,16,17). The predicted octanol–water partition coefficient (Wildman–Crippen LogP) is 2.63. The van der Waals surface area contributed by atoms with Crippen LogP contribution in [0.15, 0.2) is 29.2 Å². The van der Waals surface area contributed by atoms with Crippen molar-refractivity contribution in [2.75, 3.05) is 0 Å². The highest BCUT2D eigenvalue weighted by molar-refractivity contribution is 7.89. The minimum absolute atomic E-state index is 0.0141. The molecule has 2 N–H and O–H groups in total. The lowest BCUT2D eigenvalue weighted by molar-refractivity contribution is 0.0696. The number of benzene rings is 1. The summed E-state index contributed by atoms with van der Waals surface area (Å²) in [6.45, 7) is 3.90. The minimum atomic E-state index is -3.67. The van der Waals surface area contributed by atoms with E-state index in [-0.39, 0.29) is 16.5 Å². The first-order valence-electron chi connectivity index (χ1n) is 6.72. The molecule has 0 radical (unpaired) electrons. The molecule has 1 unspecified atom stereocenters. The Bertz CT molecular complexity index is 554. The summed E-state index contributed by atoms with van der Waals surface area (Å²) < 4.78 is 26.9. The number of carboxylic acids is 1. The number of carbonyl (C=O) groups is 1. The van der Waals surface area contributed by atoms with Crippen LogP contribution in [0.1, 0.15) is 49.9 Å². The van der Waals surface area contributed by atoms with Crippen molar-refractivity contribution < 1.29 is 18.3 Å². The number of carboxylic acid groups (broad SMARTS) is 1. The zero-order valence-electron chi connectivity index (χ0n) is 11.8. The monoisotopic (exact) mass is 299 g/mol. The second-order valence-electron chi connectivity index (χ2n) is 4.85. The van der Waals surface area contributed by atoms with Gasteiger partial charge in [0.15, 0.2) is 0 Å². The Kier molecular flexibility index (Phi) is 6.16. The van der Waals surface area contributed by atoms with E-state index >= 15 is 0 Å². The van der Waals surface area contributed by atoms with Gasteiger partial charge in [0.1, 0.15) is 0 Å². The maximum atomic E-state index is 12.1. The summed E-state index contributed by atoms with van der Waals surface area (Å²) in [5, 5.41) is 8.88. The van der Waals surface area contributed by atoms with Crippen LogP contribution in [0.4, 0.5) is 0 Å². The van der Waals surface area contributed by atoms with Crippen LogP contribution in [0, 0.1) is 0 Å². The normalized spacial score (nSPS) is 13.1. The molecule has 0 spiro atoms. The third-order valence-electron chi connectivity index (χ3n) is 2.99. The highest BCUT2D eigenvalue weighted by Crippen LogP contribution is 2.13. The van der Waals surface area contributed by atoms with Crippen LogP contribution in [-0.2, 0) is 10.0 Å². The second-order valence-corrected chi connectivity index (χ2v) is 6.57. The van der Waals surface area contributed by atoms with Gasteiger partial charge in [-0.2, -0.15) is 0 Å². The highest BCUT2D eigenvalue weighted by Gasteiger charge is 2.18. The van der Waals surface area contributed by atoms with E-state index in [2.05, 4.69) is 11.6 Å². The van der Waals surface area contributed by atoms with Crippen LogP contribution in [0.3, 0.4) is 0 Å². The average molecular weight is 299 g/mol. The van der Waals surface area contributed by atoms with Gasteiger partial charge in [0.2, 0.25) is 10.0 Å². The SMILES string of the molecule is CCCCCC(C)NS(=O)(=O)c1cccc(C(=O)O)c1. The summed E-state index contributed by atoms with van der Waals surface area (Å²) in [5.41, 5.74) is -0.0356. The Morgan fingerprint density at radius 3 is 2.65 bits per heavy atom. The molecule has 0 bridgehead atoms. The van der Waals surface area contributed by atoms with Gasteiger partial charge in [-0.15, -0.1) is 0 Å². The lowest BCUT2D eigenvalue weighted by Crippen LogP contribution is -2.32. The van der Waals surface area contributed by atoms with Gasteiger partial charge >= 0.3 is 5.97 Å². The van der Waals surface area contributed by atoms with Crippen LogP contribution >= 0.6 is 0 Å². The van der Waals surface area contributed by atoms with Crippen LogP contribution in [0.5, 0.6) is 0 Å². The van der Waals surface area contributed by atoms with Crippen molar-refractivity contribution >= 4 is 16.0 Å². The van der Waals surface area contributed by atoms with E-state index in [9.17, 15) is 13.2 Å². The molecule has 1 aromatic rings. The number of rotatable bonds is 8. The zero-order valence-corrected chi connectivity index (χ0v) is 12.6. The summed E-state index contributed by atoms with van der Waals surface area (Å²) in [6, 6.07) is 5.20. The van der Waals surface area contributed by atoms with Gasteiger partial charge in [-0.25, -0.2) is 17.9 Å². The Balaban J connectivity index is 2.78. The van der Waals surface area contributed by atoms with Crippen molar-refractivity contribution in [2.45, 2.75) is 50.5 Å². The molecule has 1 atom stereocenters. The molecule has 0 aliphatic heterocycles. The van der Waals surface area contributed by atoms with E-state index in [0.717, 1.165) is 25.7 Å². The predicted molar refractivity (Wildman–Crippen MR) is 77.3 cm³/mol. The van der Waals surface area contributed by atoms with E-state index < -0.39 is 16.0 Å². The quantitative estimate of drug-likeness (QED) is 0.723. The molecule has 1 rings (SSSR count). The second kappa shape index (κ2) is 7.40. The first-order valence-corrected chi connectivity index (χ1v) is 8.21. The minimum Gasteiger partial charge on any atom is -0.478 e. The van der Waals surface area contributed by atoms with Crippen LogP contribution in [0.2, 0.25) is 0 Å². The molecule has 6 heteroatoms. The van der Waals surface area contributed by atoms with Gasteiger partial charge in [-0.05, 0) is 31.5 Å². The molecule has 0 saturated carbocycles. The summed E-state index contributed by atoms with van der Waals surface area (Å²) in [5.74, 6) is -1.14. The van der Waals surface area contributed by atoms with Crippen molar-refractivity contribution in [2.24, 2.45) is 0 Å². The third kappa shape index (κ3) is 4.94. The lowest BCUT2D eigenvalue weighted by atomic mass is 10.1. The van der Waals surface area contributed by atoms with Crippen LogP contribution in [-0.4, -0.2) is 25.5 Å². The van der Waals surface area contributed by atoms with Gasteiger partial charge in [-0.1, -0.05) is 32.3 Å². The molecule has 0 amide bonds. The molecule has 0 heterocycles. The van der Waals surface area contributed by atoms with Crippen molar-refractivity contribution in [1.82, 2.24) is 4.72 Å². The number of hydrogen-bond donors (Lipinski definition) is 2. The first-order chi connectivity index (χ1) is 9.36. The van der Waals surface area contributed by atoms with Crippen LogP contribution in [0.25, 0.3) is 0 Å². The Morgan fingerprint density at radius 2 is 2.05 bits per heavy atom. The molecule has 0 saturated heterocycles. The number of nitrogens with one attached hydrogen (secondary N) is 1. The molecule has 20 heavy (non-hydrogen) atoms. The highest BCUT2D eigenvalue weighted by atomic mass is 32.2. The van der Waals surface area contributed by atoms with E-state index in [1.54, 1.807) is 0 Å². The Hall–Kier alpha value is -1.40. The van der Waals surface area contributed by atoms with E-state index in [0.29, 0.717) is 0 Å². The maximum Gasteiger partial charge on any atom is 0.335 e. The van der Waals surface area contributed by atoms with Crippen LogP contribution < -0.4 is 4.72 Å². The zero-order chi connectivity index (χ0) is 15.2. The Labute approximate surface area is 120 Å². The van der Waals surface area contributed by atoms with E-state index in [4.69, 9.17) is 5.11 Å². The number of aromatic carboxylic acids is 1. The number of sulfonamides is 1. The van der Waals surface area contributed by atoms with E-state index in [1.165, 1.54) is 24.3 Å².